The van der Waals surface area contributed by atoms with E-state index in [4.69, 9.17) is 51.1 Å². The molecule has 298 valence electrons. The first-order valence-electron chi connectivity index (χ1n) is 18.4. The molecule has 2 fully saturated rings. The van der Waals surface area contributed by atoms with Gasteiger partial charge in [0.25, 0.3) is 11.8 Å². The van der Waals surface area contributed by atoms with Gasteiger partial charge in [0.15, 0.2) is 50.9 Å². The summed E-state index contributed by atoms with van der Waals surface area (Å²) in [4.78, 5) is 80.0. The highest BCUT2D eigenvalue weighted by Gasteiger charge is 2.40. The van der Waals surface area contributed by atoms with Gasteiger partial charge in [-0.2, -0.15) is 0 Å². The quantitative estimate of drug-likeness (QED) is 0.0972. The lowest BCUT2D eigenvalue weighted by atomic mass is 9.85. The lowest BCUT2D eigenvalue weighted by molar-refractivity contribution is -0.134. The van der Waals surface area contributed by atoms with E-state index in [-0.39, 0.29) is 62.3 Å². The average Bonchev–Trinajstić information content (AvgIpc) is 3.53. The van der Waals surface area contributed by atoms with Crippen molar-refractivity contribution in [3.63, 3.8) is 0 Å². The number of amides is 4. The van der Waals surface area contributed by atoms with E-state index >= 15 is 0 Å². The Morgan fingerprint density at radius 2 is 1.24 bits per heavy atom. The summed E-state index contributed by atoms with van der Waals surface area (Å²) in [5.41, 5.74) is 21.8. The van der Waals surface area contributed by atoms with E-state index in [1.165, 1.54) is 0 Å². The van der Waals surface area contributed by atoms with Gasteiger partial charge in [0.05, 0.1) is 17.6 Å². The van der Waals surface area contributed by atoms with Crippen LogP contribution >= 0.6 is 23.2 Å². The topological polar surface area (TPSA) is 291 Å². The van der Waals surface area contributed by atoms with Gasteiger partial charge >= 0.3 is 0 Å². The van der Waals surface area contributed by atoms with E-state index in [0.717, 1.165) is 32.1 Å². The molecule has 2 saturated heterocycles. The molecule has 2 aromatic heterocycles. The van der Waals surface area contributed by atoms with E-state index < -0.39 is 17.4 Å². The molecule has 0 atom stereocenters. The maximum Gasteiger partial charge on any atom is 0.280 e. The number of rotatable bonds is 11. The van der Waals surface area contributed by atoms with Gasteiger partial charge in [-0.1, -0.05) is 43.0 Å². The summed E-state index contributed by atoms with van der Waals surface area (Å²) in [7, 11) is 0. The molecule has 0 unspecified atom stereocenters. The molecular formula is C34H49Cl2N15O4. The summed E-state index contributed by atoms with van der Waals surface area (Å²) in [5.74, 6) is -0.636. The Morgan fingerprint density at radius 3 is 1.75 bits per heavy atom. The van der Waals surface area contributed by atoms with E-state index in [1.54, 1.807) is 6.92 Å². The molecule has 0 aromatic carbocycles. The predicted molar refractivity (Wildman–Crippen MR) is 210 cm³/mol. The van der Waals surface area contributed by atoms with Crippen LogP contribution < -0.4 is 38.9 Å². The number of guanidine groups is 1. The molecule has 0 radical (unpaired) electrons. The van der Waals surface area contributed by atoms with Gasteiger partial charge in [-0.25, -0.2) is 19.9 Å². The zero-order valence-corrected chi connectivity index (χ0v) is 32.6. The third-order valence-corrected chi connectivity index (χ3v) is 11.0. The molecular weight excluding hydrogens is 753 g/mol. The van der Waals surface area contributed by atoms with Crippen molar-refractivity contribution in [2.75, 3.05) is 55.7 Å². The van der Waals surface area contributed by atoms with Crippen LogP contribution in [0.15, 0.2) is 9.98 Å². The second-order valence-electron chi connectivity index (χ2n) is 14.2. The molecule has 2 aromatic rings. The Labute approximate surface area is 328 Å². The average molecular weight is 803 g/mol. The third-order valence-electron chi connectivity index (χ3n) is 10.4. The molecule has 5 rings (SSSR count). The maximum atomic E-state index is 13.0. The number of nitrogens with two attached hydrogens (primary N) is 4. The van der Waals surface area contributed by atoms with Crippen molar-refractivity contribution in [2.24, 2.45) is 9.98 Å². The Bertz CT molecular complexity index is 1860. The number of hydrogen-bond acceptors (Lipinski definition) is 15. The van der Waals surface area contributed by atoms with Crippen molar-refractivity contribution in [2.45, 2.75) is 95.6 Å². The molecule has 21 heteroatoms. The highest BCUT2D eigenvalue weighted by molar-refractivity contribution is 6.32. The molecule has 3 aliphatic heterocycles. The summed E-state index contributed by atoms with van der Waals surface area (Å²) in [6, 6.07) is 0. The molecule has 19 nitrogen and oxygen atoms in total. The summed E-state index contributed by atoms with van der Waals surface area (Å²) in [6.45, 7) is 6.53. The number of nitrogens with zero attached hydrogens (tertiary/aromatic N) is 8. The summed E-state index contributed by atoms with van der Waals surface area (Å²) in [6.07, 6.45) is 7.61. The number of unbranched alkanes of at least 4 members (excludes halogenated alkanes) is 3. The van der Waals surface area contributed by atoms with E-state index in [2.05, 4.69) is 40.9 Å². The second-order valence-corrected chi connectivity index (χ2v) is 14.9. The number of anilines is 4. The highest BCUT2D eigenvalue weighted by Crippen LogP contribution is 2.31. The highest BCUT2D eigenvalue weighted by atomic mass is 35.5. The fourth-order valence-corrected chi connectivity index (χ4v) is 7.28. The van der Waals surface area contributed by atoms with Crippen LogP contribution in [0.25, 0.3) is 0 Å². The third kappa shape index (κ3) is 10.2. The first-order valence-corrected chi connectivity index (χ1v) is 19.1. The first kappa shape index (κ1) is 41.1. The van der Waals surface area contributed by atoms with Gasteiger partial charge < -0.3 is 43.4 Å². The van der Waals surface area contributed by atoms with Crippen LogP contribution in [0.5, 0.6) is 0 Å². The number of likely N-dealkylation sites (tertiary alicyclic amines) is 2. The number of nitrogens with one attached hydrogen (secondary N) is 3. The molecule has 4 amide bonds. The van der Waals surface area contributed by atoms with Crippen LogP contribution in [-0.2, 0) is 9.59 Å². The van der Waals surface area contributed by atoms with Gasteiger partial charge in [0, 0.05) is 39.0 Å². The minimum absolute atomic E-state index is 0.0597. The molecule has 0 saturated carbocycles. The van der Waals surface area contributed by atoms with Crippen LogP contribution in [0.2, 0.25) is 10.3 Å². The number of amidine groups is 1. The molecule has 55 heavy (non-hydrogen) atoms. The lowest BCUT2D eigenvalue weighted by Crippen LogP contribution is -2.56. The second kappa shape index (κ2) is 17.6. The van der Waals surface area contributed by atoms with Crippen molar-refractivity contribution in [1.29, 1.82) is 0 Å². The number of aliphatic imine (C=N–C) groups is 2. The largest absolute Gasteiger partial charge is 0.382 e. The summed E-state index contributed by atoms with van der Waals surface area (Å²) in [5, 5.41) is 8.47. The minimum Gasteiger partial charge on any atom is -0.382 e. The lowest BCUT2D eigenvalue weighted by Gasteiger charge is -2.39. The van der Waals surface area contributed by atoms with Crippen LogP contribution in [0, 0.1) is 0 Å². The Balaban J connectivity index is 0.952. The molecule has 0 bridgehead atoms. The monoisotopic (exact) mass is 801 g/mol. The molecule has 0 aliphatic carbocycles. The van der Waals surface area contributed by atoms with Crippen molar-refractivity contribution in [3.05, 3.63) is 21.7 Å². The van der Waals surface area contributed by atoms with Gasteiger partial charge in [-0.3, -0.25) is 34.5 Å². The molecule has 5 heterocycles. The SMILES string of the molecule is CCC1(N=C(C)NC(=O)c2nc(Cl)c(N)nc2N)CCN(C(=O)CCCCCCC(=O)N2CCC3(CC2)CN=C(NC(=O)c2nc(Cl)c(N)nc2N)N3)CC1. The van der Waals surface area contributed by atoms with Crippen LogP contribution in [0.3, 0.4) is 0 Å². The fourth-order valence-electron chi connectivity index (χ4n) is 7.03. The van der Waals surface area contributed by atoms with Gasteiger partial charge in [0.2, 0.25) is 11.8 Å². The minimum atomic E-state index is -0.606. The standard InChI is InChI=1S/C34H49Cl2N15O4/c1-3-33(48-19(2)42-30(54)22-26(37)45-28(39)24(35)43-22)10-14-50(15-11-33)20(52)8-6-4-5-7-9-21(53)51-16-12-34(13-17-51)18-41-32(49-34)47-31(55)23-27(38)46-29(40)25(36)44-23/h3-18H2,1-2H3,(H4,37,39,45)(H4,38,40,46)(H,42,48,54)(H2,41,47,49,55). The van der Waals surface area contributed by atoms with E-state index in [9.17, 15) is 19.2 Å². The van der Waals surface area contributed by atoms with Crippen molar-refractivity contribution in [1.82, 2.24) is 45.7 Å². The number of piperidine rings is 2. The predicted octanol–water partition coefficient (Wildman–Crippen LogP) is 1.91. The van der Waals surface area contributed by atoms with E-state index in [1.807, 2.05) is 16.7 Å². The summed E-state index contributed by atoms with van der Waals surface area (Å²) >= 11 is 11.8. The van der Waals surface area contributed by atoms with Crippen molar-refractivity contribution in [3.8, 4) is 0 Å². The number of nitrogen functional groups attached to an aromatic ring is 4. The number of halogens is 2. The number of carbonyl (C=O) groups is 4. The zero-order valence-electron chi connectivity index (χ0n) is 31.1. The smallest absolute Gasteiger partial charge is 0.280 e. The van der Waals surface area contributed by atoms with E-state index in [0.29, 0.717) is 83.0 Å². The fraction of sp³-hybridized carbons (Fsp3) is 0.588. The van der Waals surface area contributed by atoms with Gasteiger partial charge in [-0.15, -0.1) is 0 Å². The Hall–Kier alpha value is -5.04. The maximum absolute atomic E-state index is 13.0. The van der Waals surface area contributed by atoms with Crippen molar-refractivity contribution >= 4 is 81.9 Å². The normalized spacial score (nSPS) is 17.7. The molecule has 3 aliphatic rings. The zero-order chi connectivity index (χ0) is 39.9. The summed E-state index contributed by atoms with van der Waals surface area (Å²) < 4.78 is 0. The van der Waals surface area contributed by atoms with Gasteiger partial charge in [0.1, 0.15) is 5.84 Å². The van der Waals surface area contributed by atoms with Crippen molar-refractivity contribution < 1.29 is 19.2 Å². The first-order chi connectivity index (χ1) is 26.1. The van der Waals surface area contributed by atoms with Crippen LogP contribution in [0.4, 0.5) is 23.3 Å². The van der Waals surface area contributed by atoms with Gasteiger partial charge in [-0.05, 0) is 51.9 Å². The Morgan fingerprint density at radius 1 is 0.745 bits per heavy atom. The Kier molecular flexibility index (Phi) is 13.2. The van der Waals surface area contributed by atoms with Crippen LogP contribution in [0.1, 0.15) is 105 Å². The van der Waals surface area contributed by atoms with Crippen LogP contribution in [-0.4, -0.2) is 109 Å². The number of hydrogen-bond donors (Lipinski definition) is 7. The molecule has 1 spiro atoms. The molecule has 11 N–H and O–H groups in total. The number of carbonyl (C=O) groups excluding carboxylic acids is 4. The number of aromatic nitrogens is 4.